The first-order valence-corrected chi connectivity index (χ1v) is 10.1. The molecule has 0 aliphatic heterocycles. The number of esters is 1. The number of hydrogen-bond acceptors (Lipinski definition) is 4. The number of methoxy groups -OCH3 is 1. The van der Waals surface area contributed by atoms with Crippen LogP contribution in [0.3, 0.4) is 0 Å². The number of hydrogen-bond donors (Lipinski definition) is 1. The van der Waals surface area contributed by atoms with Crippen LogP contribution in [0.1, 0.15) is 38.8 Å². The third-order valence-corrected chi connectivity index (χ3v) is 5.41. The molecule has 0 fully saturated rings. The van der Waals surface area contributed by atoms with Crippen LogP contribution >= 0.6 is 11.6 Å². The highest BCUT2D eigenvalue weighted by Gasteiger charge is 2.26. The van der Waals surface area contributed by atoms with Crippen molar-refractivity contribution in [3.8, 4) is 0 Å². The SMILES string of the molecule is COC(=O)[C@@H](NC(=O)c1cc(C)c(C)n(Cc2ccc(Cl)cc2)c1=O)c1ccccc1. The zero-order valence-corrected chi connectivity index (χ0v) is 18.3. The number of aromatic nitrogens is 1. The Balaban J connectivity index is 1.97. The van der Waals surface area contributed by atoms with Crippen molar-refractivity contribution in [2.24, 2.45) is 0 Å². The van der Waals surface area contributed by atoms with E-state index in [4.69, 9.17) is 16.3 Å². The summed E-state index contributed by atoms with van der Waals surface area (Å²) >= 11 is 5.95. The monoisotopic (exact) mass is 438 g/mol. The molecule has 160 valence electrons. The molecule has 3 aromatic rings. The first-order chi connectivity index (χ1) is 14.8. The molecule has 3 rings (SSSR count). The van der Waals surface area contributed by atoms with E-state index in [2.05, 4.69) is 5.32 Å². The first-order valence-electron chi connectivity index (χ1n) is 9.71. The molecule has 0 aliphatic carbocycles. The minimum Gasteiger partial charge on any atom is -0.467 e. The lowest BCUT2D eigenvalue weighted by Crippen LogP contribution is -2.39. The molecule has 0 spiro atoms. The molecule has 1 aromatic heterocycles. The van der Waals surface area contributed by atoms with Crippen molar-refractivity contribution in [3.63, 3.8) is 0 Å². The van der Waals surface area contributed by atoms with Gasteiger partial charge in [-0.05, 0) is 48.7 Å². The standard InChI is InChI=1S/C24H23ClN2O4/c1-15-13-20(22(28)26-21(24(30)31-3)18-7-5-4-6-8-18)23(29)27(16(15)2)14-17-9-11-19(25)12-10-17/h4-13,21H,14H2,1-3H3,(H,26,28)/t21-/m0/s1. The largest absolute Gasteiger partial charge is 0.467 e. The Kier molecular flexibility index (Phi) is 6.92. The number of halogens is 1. The molecule has 1 N–H and O–H groups in total. The minimum atomic E-state index is -1.02. The Hall–Kier alpha value is -3.38. The van der Waals surface area contributed by atoms with Gasteiger partial charge in [-0.25, -0.2) is 4.79 Å². The average Bonchev–Trinajstić information content (AvgIpc) is 2.78. The van der Waals surface area contributed by atoms with Crippen LogP contribution in [0.2, 0.25) is 5.02 Å². The zero-order valence-electron chi connectivity index (χ0n) is 17.5. The van der Waals surface area contributed by atoms with Gasteiger partial charge < -0.3 is 14.6 Å². The van der Waals surface area contributed by atoms with Crippen LogP contribution in [0, 0.1) is 13.8 Å². The molecule has 0 saturated heterocycles. The van der Waals surface area contributed by atoms with Crippen molar-refractivity contribution in [3.05, 3.63) is 104 Å². The summed E-state index contributed by atoms with van der Waals surface area (Å²) in [5, 5.41) is 3.25. The van der Waals surface area contributed by atoms with Gasteiger partial charge in [0.15, 0.2) is 6.04 Å². The van der Waals surface area contributed by atoms with Crippen LogP contribution in [0.4, 0.5) is 0 Å². The van der Waals surface area contributed by atoms with Crippen molar-refractivity contribution >= 4 is 23.5 Å². The van der Waals surface area contributed by atoms with Crippen LogP contribution in [-0.4, -0.2) is 23.6 Å². The summed E-state index contributed by atoms with van der Waals surface area (Å²) in [6, 6.07) is 16.4. The van der Waals surface area contributed by atoms with E-state index in [0.29, 0.717) is 17.1 Å². The number of benzene rings is 2. The highest BCUT2D eigenvalue weighted by atomic mass is 35.5. The second kappa shape index (κ2) is 9.62. The lowest BCUT2D eigenvalue weighted by Gasteiger charge is -2.18. The van der Waals surface area contributed by atoms with Crippen LogP contribution in [0.15, 0.2) is 65.5 Å². The molecule has 0 saturated carbocycles. The van der Waals surface area contributed by atoms with E-state index in [1.165, 1.54) is 7.11 Å². The highest BCUT2D eigenvalue weighted by Crippen LogP contribution is 2.16. The second-order valence-corrected chi connectivity index (χ2v) is 7.62. The predicted octanol–water partition coefficient (Wildman–Crippen LogP) is 3.81. The number of nitrogens with zero attached hydrogens (tertiary/aromatic N) is 1. The molecule has 31 heavy (non-hydrogen) atoms. The minimum absolute atomic E-state index is 0.0399. The number of pyridine rings is 1. The molecular formula is C24H23ClN2O4. The van der Waals surface area contributed by atoms with Crippen molar-refractivity contribution in [1.29, 1.82) is 0 Å². The Labute approximate surface area is 185 Å². The summed E-state index contributed by atoms with van der Waals surface area (Å²) in [5.74, 6) is -1.26. The molecule has 0 radical (unpaired) electrons. The van der Waals surface area contributed by atoms with Gasteiger partial charge in [-0.15, -0.1) is 0 Å². The fraction of sp³-hybridized carbons (Fsp3) is 0.208. The van der Waals surface area contributed by atoms with Gasteiger partial charge in [0.2, 0.25) is 0 Å². The van der Waals surface area contributed by atoms with E-state index < -0.39 is 23.5 Å². The van der Waals surface area contributed by atoms with Gasteiger partial charge in [0, 0.05) is 10.7 Å². The fourth-order valence-electron chi connectivity index (χ4n) is 3.27. The molecule has 0 aliphatic rings. The van der Waals surface area contributed by atoms with Gasteiger partial charge >= 0.3 is 5.97 Å². The van der Waals surface area contributed by atoms with E-state index in [1.54, 1.807) is 53.1 Å². The summed E-state index contributed by atoms with van der Waals surface area (Å²) in [7, 11) is 1.25. The molecule has 7 heteroatoms. The fourth-order valence-corrected chi connectivity index (χ4v) is 3.40. The Morgan fingerprint density at radius 1 is 1.06 bits per heavy atom. The van der Waals surface area contributed by atoms with Crippen LogP contribution in [-0.2, 0) is 16.1 Å². The maximum Gasteiger partial charge on any atom is 0.333 e. The van der Waals surface area contributed by atoms with Gasteiger partial charge in [-0.1, -0.05) is 54.1 Å². The van der Waals surface area contributed by atoms with Gasteiger partial charge in [-0.3, -0.25) is 9.59 Å². The van der Waals surface area contributed by atoms with Crippen molar-refractivity contribution in [2.45, 2.75) is 26.4 Å². The smallest absolute Gasteiger partial charge is 0.333 e. The number of amides is 1. The van der Waals surface area contributed by atoms with E-state index in [0.717, 1.165) is 16.8 Å². The first kappa shape index (κ1) is 22.3. The molecule has 6 nitrogen and oxygen atoms in total. The number of nitrogens with one attached hydrogen (secondary N) is 1. The normalized spacial score (nSPS) is 11.6. The van der Waals surface area contributed by atoms with Crippen molar-refractivity contribution in [2.75, 3.05) is 7.11 Å². The zero-order chi connectivity index (χ0) is 22.5. The Morgan fingerprint density at radius 3 is 2.32 bits per heavy atom. The number of carbonyl (C=O) groups is 2. The summed E-state index contributed by atoms with van der Waals surface area (Å²) in [5.41, 5.74) is 2.50. The number of aryl methyl sites for hydroxylation is 1. The lowest BCUT2D eigenvalue weighted by atomic mass is 10.1. The molecule has 1 amide bonds. The molecule has 1 atom stereocenters. The number of rotatable bonds is 6. The van der Waals surface area contributed by atoms with E-state index in [9.17, 15) is 14.4 Å². The summed E-state index contributed by atoms with van der Waals surface area (Å²) in [4.78, 5) is 38.5. The average molecular weight is 439 g/mol. The lowest BCUT2D eigenvalue weighted by molar-refractivity contribution is -0.143. The molecule has 0 unspecified atom stereocenters. The third kappa shape index (κ3) is 5.03. The summed E-state index contributed by atoms with van der Waals surface area (Å²) in [6.07, 6.45) is 0. The van der Waals surface area contributed by atoms with E-state index in [-0.39, 0.29) is 5.56 Å². The second-order valence-electron chi connectivity index (χ2n) is 7.18. The van der Waals surface area contributed by atoms with E-state index in [1.807, 2.05) is 26.0 Å². The van der Waals surface area contributed by atoms with Crippen LogP contribution in [0.5, 0.6) is 0 Å². The van der Waals surface area contributed by atoms with Crippen molar-refractivity contribution in [1.82, 2.24) is 9.88 Å². The number of carbonyl (C=O) groups excluding carboxylic acids is 2. The quantitative estimate of drug-likeness (QED) is 0.593. The van der Waals surface area contributed by atoms with Gasteiger partial charge in [0.1, 0.15) is 5.56 Å². The molecule has 2 aromatic carbocycles. The van der Waals surface area contributed by atoms with Gasteiger partial charge in [0.25, 0.3) is 11.5 Å². The summed E-state index contributed by atoms with van der Waals surface area (Å²) in [6.45, 7) is 3.96. The molecular weight excluding hydrogens is 416 g/mol. The highest BCUT2D eigenvalue weighted by molar-refractivity contribution is 6.30. The molecule has 0 bridgehead atoms. The maximum atomic E-state index is 13.2. The Morgan fingerprint density at radius 2 is 1.71 bits per heavy atom. The Bertz CT molecular complexity index is 1150. The van der Waals surface area contributed by atoms with Gasteiger partial charge in [-0.2, -0.15) is 0 Å². The van der Waals surface area contributed by atoms with Crippen molar-refractivity contribution < 1.29 is 14.3 Å². The van der Waals surface area contributed by atoms with E-state index >= 15 is 0 Å². The van der Waals surface area contributed by atoms with Crippen LogP contribution in [0.25, 0.3) is 0 Å². The number of ether oxygens (including phenoxy) is 1. The topological polar surface area (TPSA) is 77.4 Å². The maximum absolute atomic E-state index is 13.2. The third-order valence-electron chi connectivity index (χ3n) is 5.16. The molecule has 1 heterocycles. The predicted molar refractivity (Wildman–Crippen MR) is 119 cm³/mol. The summed E-state index contributed by atoms with van der Waals surface area (Å²) < 4.78 is 6.39. The van der Waals surface area contributed by atoms with Crippen LogP contribution < -0.4 is 10.9 Å². The van der Waals surface area contributed by atoms with Gasteiger partial charge in [0.05, 0.1) is 13.7 Å².